The van der Waals surface area contributed by atoms with Crippen molar-refractivity contribution in [3.05, 3.63) is 76.3 Å². The highest BCUT2D eigenvalue weighted by molar-refractivity contribution is 7.93. The minimum absolute atomic E-state index is 0.0192. The van der Waals surface area contributed by atoms with Gasteiger partial charge in [-0.25, -0.2) is 8.42 Å². The molecule has 5 rings (SSSR count). The molecule has 14 heteroatoms. The zero-order chi connectivity index (χ0) is 32.2. The van der Waals surface area contributed by atoms with E-state index in [1.807, 2.05) is 12.4 Å². The summed E-state index contributed by atoms with van der Waals surface area (Å²) in [6.07, 6.45) is -0.972. The van der Waals surface area contributed by atoms with Crippen molar-refractivity contribution in [2.75, 3.05) is 44.6 Å². The summed E-state index contributed by atoms with van der Waals surface area (Å²) in [5.74, 6) is -1.17. The molecule has 0 bridgehead atoms. The lowest BCUT2D eigenvalue weighted by Crippen LogP contribution is -2.69. The number of benzene rings is 3. The number of hydrogen-bond donors (Lipinski definition) is 4. The number of fused-ring (bicyclic) bond motifs is 1. The Hall–Kier alpha value is -3.88. The number of likely N-dealkylation sites (N-methyl/N-ethyl adjacent to an activating group) is 2. The first-order valence-corrected chi connectivity index (χ1v) is 15.5. The largest absolute Gasteiger partial charge is 0.496 e. The number of amides is 2. The average Bonchev–Trinajstić information content (AvgIpc) is 3.46. The van der Waals surface area contributed by atoms with Gasteiger partial charge in [0.15, 0.2) is 6.04 Å². The van der Waals surface area contributed by atoms with Crippen LogP contribution in [-0.2, 0) is 25.2 Å². The van der Waals surface area contributed by atoms with Crippen molar-refractivity contribution in [2.45, 2.75) is 35.9 Å². The van der Waals surface area contributed by atoms with Crippen molar-refractivity contribution in [3.8, 4) is 11.5 Å². The monoisotopic (exact) mass is 645 g/mol. The molecular weight excluding hydrogens is 612 g/mol. The number of aliphatic hydroxyl groups is 1. The van der Waals surface area contributed by atoms with Gasteiger partial charge in [0.05, 0.1) is 43.8 Å². The average molecular weight is 646 g/mol. The molecule has 1 saturated heterocycles. The van der Waals surface area contributed by atoms with E-state index >= 15 is 4.79 Å². The molecule has 2 unspecified atom stereocenters. The Morgan fingerprint density at radius 2 is 1.77 bits per heavy atom. The van der Waals surface area contributed by atoms with Crippen molar-refractivity contribution < 1.29 is 42.3 Å². The van der Waals surface area contributed by atoms with Gasteiger partial charge in [-0.2, -0.15) is 4.31 Å². The second-order valence-electron chi connectivity index (χ2n) is 11.1. The standard InChI is InChI=1S/C30H33ClN4O8S/c1-17-6-10-25(42-4)22(12-17)30(35(3)16-20(36)15-24(35)28(37)32-2)21-13-18(31)7-9-23(21)34(29(30)38)44(40,41)27-11-8-19(33-39)14-26(27)43-5/h6-14,20,24,33,36,39H,15-16H2,1-5H3/p+1/t20-,24+,30?,35?/m1/s1. The Labute approximate surface area is 260 Å². The number of ether oxygens (including phenoxy) is 2. The highest BCUT2D eigenvalue weighted by Gasteiger charge is 2.72. The molecule has 0 aromatic heterocycles. The van der Waals surface area contributed by atoms with E-state index in [0.717, 1.165) is 5.56 Å². The van der Waals surface area contributed by atoms with Crippen LogP contribution in [0.4, 0.5) is 11.4 Å². The van der Waals surface area contributed by atoms with Gasteiger partial charge >= 0.3 is 5.91 Å². The number of anilines is 2. The van der Waals surface area contributed by atoms with Crippen LogP contribution in [0.15, 0.2) is 59.5 Å². The summed E-state index contributed by atoms with van der Waals surface area (Å²) < 4.78 is 40.7. The SMILES string of the molecule is CNC(=O)[C@@H]1C[C@@H](O)C[N+]1(C)C1(c2cc(C)ccc2OC)C(=O)N(S(=O)(=O)c2ccc(NO)cc2OC)c2ccc(Cl)cc21. The topological polar surface area (TPSA) is 154 Å². The molecule has 0 spiro atoms. The number of carbonyl (C=O) groups excluding carboxylic acids is 2. The van der Waals surface area contributed by atoms with Crippen LogP contribution in [0.5, 0.6) is 11.5 Å². The molecule has 12 nitrogen and oxygen atoms in total. The van der Waals surface area contributed by atoms with Gasteiger partial charge in [-0.3, -0.25) is 24.8 Å². The maximum Gasteiger partial charge on any atom is 0.312 e. The fourth-order valence-electron chi connectivity index (χ4n) is 6.80. The van der Waals surface area contributed by atoms with Gasteiger partial charge in [-0.05, 0) is 49.4 Å². The first-order valence-electron chi connectivity index (χ1n) is 13.7. The predicted octanol–water partition coefficient (Wildman–Crippen LogP) is 2.77. The van der Waals surface area contributed by atoms with Crippen molar-refractivity contribution in [1.82, 2.24) is 5.32 Å². The van der Waals surface area contributed by atoms with Gasteiger partial charge in [0, 0.05) is 24.6 Å². The van der Waals surface area contributed by atoms with E-state index in [-0.39, 0.29) is 51.3 Å². The molecule has 1 fully saturated rings. The third kappa shape index (κ3) is 4.41. The number of rotatable bonds is 8. The molecule has 234 valence electrons. The van der Waals surface area contributed by atoms with Crippen LogP contribution < -0.4 is 24.6 Å². The lowest BCUT2D eigenvalue weighted by atomic mass is 9.78. The summed E-state index contributed by atoms with van der Waals surface area (Å²) in [6.45, 7) is 1.75. The van der Waals surface area contributed by atoms with E-state index in [0.29, 0.717) is 9.87 Å². The summed E-state index contributed by atoms with van der Waals surface area (Å²) in [7, 11) is 1.12. The molecule has 2 aliphatic heterocycles. The van der Waals surface area contributed by atoms with Crippen molar-refractivity contribution in [2.24, 2.45) is 0 Å². The Morgan fingerprint density at radius 1 is 1.07 bits per heavy atom. The Kier molecular flexibility index (Phi) is 8.06. The molecule has 3 aromatic rings. The number of halogens is 1. The lowest BCUT2D eigenvalue weighted by molar-refractivity contribution is -0.953. The van der Waals surface area contributed by atoms with E-state index in [9.17, 15) is 23.5 Å². The van der Waals surface area contributed by atoms with Crippen LogP contribution in [0, 0.1) is 6.92 Å². The highest BCUT2D eigenvalue weighted by Crippen LogP contribution is 2.58. The number of nitrogens with zero attached hydrogens (tertiary/aromatic N) is 2. The van der Waals surface area contributed by atoms with E-state index in [2.05, 4.69) is 5.32 Å². The molecule has 4 atom stereocenters. The van der Waals surface area contributed by atoms with Crippen LogP contribution in [0.25, 0.3) is 0 Å². The van der Waals surface area contributed by atoms with Gasteiger partial charge in [0.25, 0.3) is 15.9 Å². The molecule has 44 heavy (non-hydrogen) atoms. The fraction of sp³-hybridized carbons (Fsp3) is 0.333. The summed E-state index contributed by atoms with van der Waals surface area (Å²) in [6, 6.07) is 12.5. The van der Waals surface area contributed by atoms with Gasteiger partial charge in [0.2, 0.25) is 5.54 Å². The van der Waals surface area contributed by atoms with Crippen molar-refractivity contribution in [1.29, 1.82) is 0 Å². The second kappa shape index (κ2) is 11.2. The third-order valence-electron chi connectivity index (χ3n) is 8.71. The summed E-state index contributed by atoms with van der Waals surface area (Å²) in [5, 5.41) is 23.3. The number of carbonyl (C=O) groups is 2. The van der Waals surface area contributed by atoms with Crippen LogP contribution >= 0.6 is 11.6 Å². The third-order valence-corrected chi connectivity index (χ3v) is 10.7. The quantitative estimate of drug-likeness (QED) is 0.214. The molecule has 3 aromatic carbocycles. The second-order valence-corrected chi connectivity index (χ2v) is 13.3. The molecule has 0 saturated carbocycles. The van der Waals surface area contributed by atoms with Crippen molar-refractivity contribution >= 4 is 44.8 Å². The number of aryl methyl sites for hydroxylation is 1. The smallest absolute Gasteiger partial charge is 0.312 e. The molecule has 4 N–H and O–H groups in total. The molecule has 2 amide bonds. The number of sulfonamides is 1. The normalized spacial score (nSPS) is 24.6. The number of aliphatic hydroxyl groups excluding tert-OH is 1. The first-order chi connectivity index (χ1) is 20.8. The number of methoxy groups -OCH3 is 2. The first kappa shape index (κ1) is 31.5. The van der Waals surface area contributed by atoms with Crippen LogP contribution in [-0.4, -0.2) is 82.0 Å². The minimum atomic E-state index is -4.71. The van der Waals surface area contributed by atoms with Crippen LogP contribution in [0.2, 0.25) is 5.02 Å². The predicted molar refractivity (Wildman–Crippen MR) is 163 cm³/mol. The maximum atomic E-state index is 15.4. The van der Waals surface area contributed by atoms with E-state index in [1.54, 1.807) is 25.2 Å². The molecule has 2 aliphatic rings. The van der Waals surface area contributed by atoms with Crippen LogP contribution in [0.1, 0.15) is 23.1 Å². The molecule has 2 heterocycles. The van der Waals surface area contributed by atoms with Gasteiger partial charge in [0.1, 0.15) is 29.0 Å². The Morgan fingerprint density at radius 3 is 2.41 bits per heavy atom. The van der Waals surface area contributed by atoms with Gasteiger partial charge < -0.3 is 19.9 Å². The zero-order valence-corrected chi connectivity index (χ0v) is 26.4. The lowest BCUT2D eigenvalue weighted by Gasteiger charge is -2.48. The van der Waals surface area contributed by atoms with E-state index < -0.39 is 44.0 Å². The molecule has 0 aliphatic carbocycles. The minimum Gasteiger partial charge on any atom is -0.496 e. The zero-order valence-electron chi connectivity index (χ0n) is 24.8. The summed E-state index contributed by atoms with van der Waals surface area (Å²) >= 11 is 6.56. The van der Waals surface area contributed by atoms with Crippen LogP contribution in [0.3, 0.4) is 0 Å². The Balaban J connectivity index is 1.93. The summed E-state index contributed by atoms with van der Waals surface area (Å²) in [5.41, 5.74) is 1.48. The number of hydrogen-bond acceptors (Lipinski definition) is 9. The number of quaternary nitrogens is 1. The number of nitrogens with one attached hydrogen (secondary N) is 2. The Bertz CT molecular complexity index is 1770. The molecular formula is C30H34ClN4O8S+. The number of likely N-dealkylation sites (tertiary alicyclic amines) is 1. The van der Waals surface area contributed by atoms with Crippen molar-refractivity contribution in [3.63, 3.8) is 0 Å². The van der Waals surface area contributed by atoms with E-state index in [4.69, 9.17) is 21.1 Å². The maximum absolute atomic E-state index is 15.4. The summed E-state index contributed by atoms with van der Waals surface area (Å²) in [4.78, 5) is 28.5. The van der Waals surface area contributed by atoms with Gasteiger partial charge in [-0.15, -0.1) is 0 Å². The fourth-order valence-corrected chi connectivity index (χ4v) is 8.57. The highest BCUT2D eigenvalue weighted by atomic mass is 35.5. The van der Waals surface area contributed by atoms with Gasteiger partial charge in [-0.1, -0.05) is 23.2 Å². The van der Waals surface area contributed by atoms with E-state index in [1.165, 1.54) is 57.7 Å². The molecule has 0 radical (unpaired) electrons.